The van der Waals surface area contributed by atoms with Crippen molar-refractivity contribution in [2.24, 2.45) is 5.92 Å². The van der Waals surface area contributed by atoms with E-state index in [2.05, 4.69) is 5.32 Å². The SMILES string of the molecule is CNC(=O)COC(=O)[C@@H]1CC(=O)N(c2cccc(C)c2C)C1. The average molecular weight is 304 g/mol. The van der Waals surface area contributed by atoms with Gasteiger partial charge in [0.15, 0.2) is 6.61 Å². The minimum Gasteiger partial charge on any atom is -0.455 e. The van der Waals surface area contributed by atoms with Crippen molar-refractivity contribution in [2.75, 3.05) is 25.1 Å². The van der Waals surface area contributed by atoms with Crippen molar-refractivity contribution in [3.05, 3.63) is 29.3 Å². The van der Waals surface area contributed by atoms with Crippen LogP contribution in [0.25, 0.3) is 0 Å². The Hall–Kier alpha value is -2.37. The molecule has 1 aliphatic heterocycles. The molecule has 1 atom stereocenters. The summed E-state index contributed by atoms with van der Waals surface area (Å²) in [7, 11) is 1.47. The number of ether oxygens (including phenoxy) is 1. The van der Waals surface area contributed by atoms with Crippen molar-refractivity contribution in [3.63, 3.8) is 0 Å². The lowest BCUT2D eigenvalue weighted by molar-refractivity contribution is -0.152. The molecule has 1 saturated heterocycles. The Bertz CT molecular complexity index is 612. The predicted octanol–water partition coefficient (Wildman–Crippen LogP) is 0.946. The van der Waals surface area contributed by atoms with E-state index in [0.717, 1.165) is 16.8 Å². The van der Waals surface area contributed by atoms with Gasteiger partial charge in [-0.1, -0.05) is 12.1 Å². The standard InChI is InChI=1S/C16H20N2O4/c1-10-5-4-6-13(11(10)2)18-8-12(7-15(18)20)16(21)22-9-14(19)17-3/h4-6,12H,7-9H2,1-3H3,(H,17,19)/t12-/m1/s1. The van der Waals surface area contributed by atoms with Crippen LogP contribution < -0.4 is 10.2 Å². The second kappa shape index (κ2) is 6.60. The van der Waals surface area contributed by atoms with Gasteiger partial charge >= 0.3 is 5.97 Å². The van der Waals surface area contributed by atoms with E-state index in [0.29, 0.717) is 0 Å². The van der Waals surface area contributed by atoms with Gasteiger partial charge in [-0.2, -0.15) is 0 Å². The number of benzene rings is 1. The highest BCUT2D eigenvalue weighted by molar-refractivity contribution is 6.00. The number of hydrogen-bond acceptors (Lipinski definition) is 4. The molecule has 0 unspecified atom stereocenters. The van der Waals surface area contributed by atoms with Gasteiger partial charge in [-0.3, -0.25) is 14.4 Å². The summed E-state index contributed by atoms with van der Waals surface area (Å²) in [6.07, 6.45) is 0.111. The summed E-state index contributed by atoms with van der Waals surface area (Å²) in [5.41, 5.74) is 2.94. The molecule has 0 spiro atoms. The van der Waals surface area contributed by atoms with Crippen LogP contribution in [0.1, 0.15) is 17.5 Å². The van der Waals surface area contributed by atoms with E-state index in [1.165, 1.54) is 7.05 Å². The molecule has 1 aromatic rings. The minimum atomic E-state index is -0.530. The fourth-order valence-electron chi connectivity index (χ4n) is 2.45. The number of nitrogens with one attached hydrogen (secondary N) is 1. The molecule has 1 aliphatic rings. The van der Waals surface area contributed by atoms with Crippen LogP contribution in [0.15, 0.2) is 18.2 Å². The summed E-state index contributed by atoms with van der Waals surface area (Å²) in [5.74, 6) is -1.51. The molecular weight excluding hydrogens is 284 g/mol. The van der Waals surface area contributed by atoms with Crippen molar-refractivity contribution in [1.29, 1.82) is 0 Å². The number of aryl methyl sites for hydroxylation is 1. The van der Waals surface area contributed by atoms with Gasteiger partial charge in [0.25, 0.3) is 5.91 Å². The van der Waals surface area contributed by atoms with E-state index in [4.69, 9.17) is 4.74 Å². The largest absolute Gasteiger partial charge is 0.455 e. The normalized spacial score (nSPS) is 17.5. The number of nitrogens with zero attached hydrogens (tertiary/aromatic N) is 1. The van der Waals surface area contributed by atoms with Crippen molar-refractivity contribution in [3.8, 4) is 0 Å². The molecule has 118 valence electrons. The van der Waals surface area contributed by atoms with Gasteiger partial charge in [0.05, 0.1) is 5.92 Å². The number of carbonyl (C=O) groups is 3. The average Bonchev–Trinajstić information content (AvgIpc) is 2.89. The molecule has 2 rings (SSSR count). The lowest BCUT2D eigenvalue weighted by atomic mass is 10.1. The number of anilines is 1. The van der Waals surface area contributed by atoms with Crippen LogP contribution in [-0.2, 0) is 19.1 Å². The topological polar surface area (TPSA) is 75.7 Å². The molecule has 2 amide bonds. The lowest BCUT2D eigenvalue weighted by Gasteiger charge is -2.20. The highest BCUT2D eigenvalue weighted by atomic mass is 16.5. The maximum absolute atomic E-state index is 12.2. The molecule has 0 aromatic heterocycles. The van der Waals surface area contributed by atoms with Gasteiger partial charge in [-0.25, -0.2) is 0 Å². The van der Waals surface area contributed by atoms with Crippen molar-refractivity contribution in [1.82, 2.24) is 5.32 Å². The summed E-state index contributed by atoms with van der Waals surface area (Å²) in [5, 5.41) is 2.37. The first-order valence-electron chi connectivity index (χ1n) is 7.17. The maximum Gasteiger partial charge on any atom is 0.311 e. The molecule has 0 radical (unpaired) electrons. The molecule has 0 aliphatic carbocycles. The van der Waals surface area contributed by atoms with Crippen molar-refractivity contribution >= 4 is 23.5 Å². The van der Waals surface area contributed by atoms with Crippen LogP contribution in [0, 0.1) is 19.8 Å². The lowest BCUT2D eigenvalue weighted by Crippen LogP contribution is -2.29. The monoisotopic (exact) mass is 304 g/mol. The maximum atomic E-state index is 12.2. The zero-order chi connectivity index (χ0) is 16.3. The van der Waals surface area contributed by atoms with E-state index in [-0.39, 0.29) is 31.4 Å². The Kier molecular flexibility index (Phi) is 4.80. The summed E-state index contributed by atoms with van der Waals surface area (Å²) in [6, 6.07) is 5.75. The number of esters is 1. The van der Waals surface area contributed by atoms with Gasteiger partial charge < -0.3 is 15.0 Å². The Morgan fingerprint density at radius 1 is 1.36 bits per heavy atom. The zero-order valence-electron chi connectivity index (χ0n) is 13.0. The van der Waals surface area contributed by atoms with Gasteiger partial charge in [0.2, 0.25) is 5.91 Å². The predicted molar refractivity (Wildman–Crippen MR) is 81.4 cm³/mol. The molecule has 6 heteroatoms. The van der Waals surface area contributed by atoms with E-state index in [1.54, 1.807) is 4.90 Å². The number of hydrogen-bond donors (Lipinski definition) is 1. The van der Waals surface area contributed by atoms with Crippen LogP contribution in [0.4, 0.5) is 5.69 Å². The van der Waals surface area contributed by atoms with Crippen molar-refractivity contribution < 1.29 is 19.1 Å². The highest BCUT2D eigenvalue weighted by Gasteiger charge is 2.36. The Balaban J connectivity index is 2.06. The third-order valence-corrected chi connectivity index (χ3v) is 3.95. The fourth-order valence-corrected chi connectivity index (χ4v) is 2.45. The molecule has 1 N–H and O–H groups in total. The summed E-state index contributed by atoms with van der Waals surface area (Å²) in [6.45, 7) is 3.91. The number of likely N-dealkylation sites (N-methyl/N-ethyl adjacent to an activating group) is 1. The van der Waals surface area contributed by atoms with Crippen molar-refractivity contribution in [2.45, 2.75) is 20.3 Å². The quantitative estimate of drug-likeness (QED) is 0.840. The first-order valence-corrected chi connectivity index (χ1v) is 7.17. The molecule has 1 fully saturated rings. The molecule has 0 saturated carbocycles. The third kappa shape index (κ3) is 3.27. The second-order valence-electron chi connectivity index (χ2n) is 5.41. The zero-order valence-corrected chi connectivity index (χ0v) is 13.0. The summed E-state index contributed by atoms with van der Waals surface area (Å²) in [4.78, 5) is 36.9. The number of rotatable bonds is 4. The van der Waals surface area contributed by atoms with Crippen LogP contribution in [0.2, 0.25) is 0 Å². The first-order chi connectivity index (χ1) is 10.4. The molecule has 6 nitrogen and oxygen atoms in total. The van der Waals surface area contributed by atoms with Gasteiger partial charge in [-0.05, 0) is 31.0 Å². The Labute approximate surface area is 129 Å². The van der Waals surface area contributed by atoms with E-state index in [9.17, 15) is 14.4 Å². The van der Waals surface area contributed by atoms with Gasteiger partial charge in [-0.15, -0.1) is 0 Å². The van der Waals surface area contributed by atoms with Crippen LogP contribution in [0.3, 0.4) is 0 Å². The first kappa shape index (κ1) is 16.0. The smallest absolute Gasteiger partial charge is 0.311 e. The Morgan fingerprint density at radius 3 is 2.77 bits per heavy atom. The van der Waals surface area contributed by atoms with Gasteiger partial charge in [0.1, 0.15) is 0 Å². The molecular formula is C16H20N2O4. The molecule has 1 aromatic carbocycles. The van der Waals surface area contributed by atoms with E-state index >= 15 is 0 Å². The van der Waals surface area contributed by atoms with E-state index in [1.807, 2.05) is 32.0 Å². The summed E-state index contributed by atoms with van der Waals surface area (Å²) >= 11 is 0. The van der Waals surface area contributed by atoms with Crippen LogP contribution >= 0.6 is 0 Å². The third-order valence-electron chi connectivity index (χ3n) is 3.95. The second-order valence-corrected chi connectivity index (χ2v) is 5.41. The van der Waals surface area contributed by atoms with Gasteiger partial charge in [0, 0.05) is 25.7 Å². The number of amides is 2. The Morgan fingerprint density at radius 2 is 2.09 bits per heavy atom. The van der Waals surface area contributed by atoms with E-state index < -0.39 is 11.9 Å². The highest BCUT2D eigenvalue weighted by Crippen LogP contribution is 2.29. The molecule has 22 heavy (non-hydrogen) atoms. The molecule has 0 bridgehead atoms. The minimum absolute atomic E-state index is 0.101. The fraction of sp³-hybridized carbons (Fsp3) is 0.438. The van der Waals surface area contributed by atoms with Crippen LogP contribution in [-0.4, -0.2) is 38.0 Å². The molecule has 1 heterocycles. The summed E-state index contributed by atoms with van der Waals surface area (Å²) < 4.78 is 4.94. The van der Waals surface area contributed by atoms with Crippen LogP contribution in [0.5, 0.6) is 0 Å². The number of carbonyl (C=O) groups excluding carboxylic acids is 3.